The van der Waals surface area contributed by atoms with Crippen molar-refractivity contribution in [3.05, 3.63) is 58.1 Å². The number of carbonyl (C=O) groups is 1. The first-order valence-corrected chi connectivity index (χ1v) is 12.7. The first-order valence-electron chi connectivity index (χ1n) is 12.7. The zero-order chi connectivity index (χ0) is 25.2. The number of aromatic nitrogens is 1. The molecule has 0 amide bonds. The topological polar surface area (TPSA) is 78.6 Å². The summed E-state index contributed by atoms with van der Waals surface area (Å²) in [5.41, 5.74) is 3.69. The Labute approximate surface area is 207 Å². The lowest BCUT2D eigenvalue weighted by molar-refractivity contribution is -0.147. The summed E-state index contributed by atoms with van der Waals surface area (Å²) >= 11 is 0. The summed E-state index contributed by atoms with van der Waals surface area (Å²) in [6.07, 6.45) is 9.11. The number of nitrogens with zero attached hydrogens (tertiary/aromatic N) is 1. The van der Waals surface area contributed by atoms with Crippen molar-refractivity contribution in [2.45, 2.75) is 72.6 Å². The molecule has 188 valence electrons. The number of carbonyl (C=O) groups excluding carboxylic acids is 1. The second kappa shape index (κ2) is 13.1. The van der Waals surface area contributed by atoms with E-state index in [0.29, 0.717) is 30.2 Å². The summed E-state index contributed by atoms with van der Waals surface area (Å²) in [6, 6.07) is 9.75. The molecule has 0 atom stereocenters. The maximum atomic E-state index is 12.5. The first-order chi connectivity index (χ1) is 16.8. The average Bonchev–Trinajstić information content (AvgIpc) is 2.81. The van der Waals surface area contributed by atoms with E-state index in [2.05, 4.69) is 11.1 Å². The van der Waals surface area contributed by atoms with Gasteiger partial charge in [-0.15, -0.1) is 0 Å². The molecule has 1 aromatic carbocycles. The van der Waals surface area contributed by atoms with Crippen molar-refractivity contribution in [1.29, 1.82) is 0 Å². The minimum atomic E-state index is -0.366. The summed E-state index contributed by atoms with van der Waals surface area (Å²) in [7, 11) is 0. The van der Waals surface area contributed by atoms with E-state index < -0.39 is 0 Å². The van der Waals surface area contributed by atoms with E-state index in [1.807, 2.05) is 52.0 Å². The van der Waals surface area contributed by atoms with E-state index in [1.165, 1.54) is 6.42 Å². The number of aryl methyl sites for hydroxylation is 2. The largest absolute Gasteiger partial charge is 0.478 e. The third-order valence-electron chi connectivity index (χ3n) is 5.88. The molecule has 0 radical (unpaired) electrons. The predicted octanol–water partition coefficient (Wildman–Crippen LogP) is 6.78. The smallest absolute Gasteiger partial charge is 0.344 e. The van der Waals surface area contributed by atoms with Crippen molar-refractivity contribution in [1.82, 2.24) is 4.98 Å². The van der Waals surface area contributed by atoms with Gasteiger partial charge >= 0.3 is 11.6 Å². The highest BCUT2D eigenvalue weighted by Gasteiger charge is 2.11. The molecule has 6 heteroatoms. The van der Waals surface area contributed by atoms with E-state index in [4.69, 9.17) is 13.9 Å². The van der Waals surface area contributed by atoms with Crippen molar-refractivity contribution in [3.8, 4) is 17.0 Å². The van der Waals surface area contributed by atoms with Gasteiger partial charge in [0.25, 0.3) is 0 Å². The molecule has 0 saturated heterocycles. The van der Waals surface area contributed by atoms with E-state index >= 15 is 0 Å². The first kappa shape index (κ1) is 26.5. The highest BCUT2D eigenvalue weighted by molar-refractivity contribution is 5.82. The lowest BCUT2D eigenvalue weighted by Crippen LogP contribution is -2.12. The molecule has 3 aromatic rings. The Bertz CT molecular complexity index is 1160. The van der Waals surface area contributed by atoms with Gasteiger partial charge in [0.15, 0.2) is 5.58 Å². The molecule has 6 nitrogen and oxygen atoms in total. The number of hydrogen-bond acceptors (Lipinski definition) is 6. The predicted molar refractivity (Wildman–Crippen MR) is 139 cm³/mol. The number of pyridine rings is 1. The van der Waals surface area contributed by atoms with E-state index in [9.17, 15) is 9.59 Å². The maximum Gasteiger partial charge on any atom is 0.344 e. The molecule has 0 unspecified atom stereocenters. The molecule has 3 rings (SSSR count). The zero-order valence-electron chi connectivity index (χ0n) is 21.4. The Hall–Kier alpha value is -3.15. The van der Waals surface area contributed by atoms with E-state index in [-0.39, 0.29) is 17.5 Å². The Morgan fingerprint density at radius 1 is 0.886 bits per heavy atom. The fourth-order valence-corrected chi connectivity index (χ4v) is 4.02. The third kappa shape index (κ3) is 8.23. The second-order valence-electron chi connectivity index (χ2n) is 9.53. The van der Waals surface area contributed by atoms with Gasteiger partial charge in [0.05, 0.1) is 30.9 Å². The van der Waals surface area contributed by atoms with Crippen LogP contribution < -0.4 is 10.4 Å². The Kier molecular flexibility index (Phi) is 9.88. The molecular weight excluding hydrogens is 442 g/mol. The van der Waals surface area contributed by atoms with Crippen molar-refractivity contribution in [2.75, 3.05) is 13.2 Å². The summed E-state index contributed by atoms with van der Waals surface area (Å²) in [4.78, 5) is 28.2. The van der Waals surface area contributed by atoms with Crippen LogP contribution in [0.2, 0.25) is 0 Å². The lowest BCUT2D eigenvalue weighted by atomic mass is 10.0. The van der Waals surface area contributed by atoms with Crippen LogP contribution in [0.3, 0.4) is 0 Å². The number of fused-ring (bicyclic) bond motifs is 1. The van der Waals surface area contributed by atoms with Crippen LogP contribution >= 0.6 is 0 Å². The second-order valence-corrected chi connectivity index (χ2v) is 9.53. The molecule has 0 bridgehead atoms. The Morgan fingerprint density at radius 2 is 1.51 bits per heavy atom. The van der Waals surface area contributed by atoms with Crippen LogP contribution in [0.4, 0.5) is 0 Å². The maximum absolute atomic E-state index is 12.5. The molecule has 0 aliphatic heterocycles. The van der Waals surface area contributed by atoms with Gasteiger partial charge in [0.1, 0.15) is 0 Å². The molecule has 0 fully saturated rings. The van der Waals surface area contributed by atoms with Gasteiger partial charge in [0, 0.05) is 11.5 Å². The number of benzene rings is 1. The summed E-state index contributed by atoms with van der Waals surface area (Å²) in [6.45, 7) is 8.86. The van der Waals surface area contributed by atoms with Crippen molar-refractivity contribution >= 4 is 16.9 Å². The van der Waals surface area contributed by atoms with E-state index in [0.717, 1.165) is 60.6 Å². The highest BCUT2D eigenvalue weighted by Crippen LogP contribution is 2.25. The monoisotopic (exact) mass is 479 g/mol. The van der Waals surface area contributed by atoms with Crippen molar-refractivity contribution < 1.29 is 18.7 Å². The van der Waals surface area contributed by atoms with Gasteiger partial charge in [-0.3, -0.25) is 4.79 Å². The van der Waals surface area contributed by atoms with Gasteiger partial charge in [-0.05, 0) is 38.3 Å². The third-order valence-corrected chi connectivity index (χ3v) is 5.88. The number of hydrogen-bond donors (Lipinski definition) is 0. The lowest BCUT2D eigenvalue weighted by Gasteiger charge is -2.08. The van der Waals surface area contributed by atoms with Crippen LogP contribution in [0.1, 0.15) is 69.9 Å². The minimum Gasteiger partial charge on any atom is -0.478 e. The van der Waals surface area contributed by atoms with Gasteiger partial charge in [0.2, 0.25) is 5.88 Å². The zero-order valence-corrected chi connectivity index (χ0v) is 21.4. The molecule has 0 N–H and O–H groups in total. The molecular formula is C29H37NO5. The average molecular weight is 480 g/mol. The molecule has 0 spiro atoms. The van der Waals surface area contributed by atoms with Crippen LogP contribution in [0, 0.1) is 19.8 Å². The normalized spacial score (nSPS) is 11.2. The summed E-state index contributed by atoms with van der Waals surface area (Å²) < 4.78 is 16.6. The van der Waals surface area contributed by atoms with Crippen LogP contribution in [-0.2, 0) is 9.53 Å². The van der Waals surface area contributed by atoms with Crippen LogP contribution in [0.5, 0.6) is 5.88 Å². The number of esters is 1. The van der Waals surface area contributed by atoms with Gasteiger partial charge in [-0.1, -0.05) is 75.3 Å². The minimum absolute atomic E-state index is 0.0526. The van der Waals surface area contributed by atoms with Gasteiger partial charge in [-0.2, -0.15) is 0 Å². The SMILES string of the molecule is Cc1cc(C)cc(-c2cc3cc(OCCCCCCCCCOC(=O)C(C)C)ncc3oc2=O)c1. The number of unbranched alkanes of at least 4 members (excludes halogenated alkanes) is 6. The summed E-state index contributed by atoms with van der Waals surface area (Å²) in [5.74, 6) is 0.370. The Balaban J connectivity index is 1.41. The number of ether oxygens (including phenoxy) is 2. The molecule has 0 saturated carbocycles. The molecule has 0 aliphatic rings. The fraction of sp³-hybridized carbons (Fsp3) is 0.483. The van der Waals surface area contributed by atoms with E-state index in [1.54, 1.807) is 6.20 Å². The van der Waals surface area contributed by atoms with Gasteiger partial charge < -0.3 is 13.9 Å². The Morgan fingerprint density at radius 3 is 2.17 bits per heavy atom. The standard InChI is InChI=1S/C29H37NO5/c1-20(2)28(31)34-13-11-9-7-5-6-8-10-12-33-27-18-24-17-25(29(32)35-26(24)19-30-27)23-15-21(3)14-22(4)16-23/h14-20H,5-13H2,1-4H3. The quantitative estimate of drug-likeness (QED) is 0.199. The van der Waals surface area contributed by atoms with Crippen molar-refractivity contribution in [2.24, 2.45) is 5.92 Å². The molecule has 2 aromatic heterocycles. The summed E-state index contributed by atoms with van der Waals surface area (Å²) in [5, 5.41) is 0.794. The molecule has 0 aliphatic carbocycles. The van der Waals surface area contributed by atoms with Crippen LogP contribution in [-0.4, -0.2) is 24.2 Å². The highest BCUT2D eigenvalue weighted by atomic mass is 16.5. The molecule has 35 heavy (non-hydrogen) atoms. The van der Waals surface area contributed by atoms with Crippen LogP contribution in [0.25, 0.3) is 22.1 Å². The molecule has 2 heterocycles. The van der Waals surface area contributed by atoms with Gasteiger partial charge in [-0.25, -0.2) is 9.78 Å². The van der Waals surface area contributed by atoms with Crippen LogP contribution in [0.15, 0.2) is 45.7 Å². The number of rotatable bonds is 13. The van der Waals surface area contributed by atoms with Crippen molar-refractivity contribution in [3.63, 3.8) is 0 Å². The fourth-order valence-electron chi connectivity index (χ4n) is 4.02.